The molecule has 0 spiro atoms. The van der Waals surface area contributed by atoms with Crippen molar-refractivity contribution in [3.05, 3.63) is 65.7 Å². The third-order valence-electron chi connectivity index (χ3n) is 5.48. The van der Waals surface area contributed by atoms with Gasteiger partial charge in [0.2, 0.25) is 0 Å². The Labute approximate surface area is 160 Å². The monoisotopic (exact) mass is 384 g/mol. The Morgan fingerprint density at radius 3 is 2.22 bits per heavy atom. The fourth-order valence-electron chi connectivity index (χ4n) is 4.13. The van der Waals surface area contributed by atoms with Crippen LogP contribution in [0.3, 0.4) is 0 Å². The normalized spacial score (nSPS) is 24.5. The van der Waals surface area contributed by atoms with Crippen LogP contribution in [0.2, 0.25) is 0 Å². The van der Waals surface area contributed by atoms with Crippen molar-refractivity contribution < 1.29 is 13.2 Å². The van der Waals surface area contributed by atoms with Gasteiger partial charge in [0.1, 0.15) is 0 Å². The van der Waals surface area contributed by atoms with Gasteiger partial charge in [-0.15, -0.1) is 0 Å². The zero-order valence-electron chi connectivity index (χ0n) is 15.1. The quantitative estimate of drug-likeness (QED) is 0.831. The predicted molar refractivity (Wildman–Crippen MR) is 104 cm³/mol. The van der Waals surface area contributed by atoms with Gasteiger partial charge in [-0.25, -0.2) is 8.42 Å². The minimum atomic E-state index is -3.43. The average Bonchev–Trinajstić information content (AvgIpc) is 3.00. The van der Waals surface area contributed by atoms with E-state index in [1.807, 2.05) is 18.2 Å². The number of benzene rings is 2. The van der Waals surface area contributed by atoms with Crippen molar-refractivity contribution in [3.63, 3.8) is 0 Å². The highest BCUT2D eigenvalue weighted by molar-refractivity contribution is 7.90. The summed E-state index contributed by atoms with van der Waals surface area (Å²) in [6.07, 6.45) is 4.30. The lowest BCUT2D eigenvalue weighted by atomic mass is 9.99. The Hall–Kier alpha value is -2.18. The van der Waals surface area contributed by atoms with Crippen LogP contribution in [0.15, 0.2) is 59.5 Å². The van der Waals surface area contributed by atoms with Crippen LogP contribution in [0.1, 0.15) is 41.6 Å². The summed E-state index contributed by atoms with van der Waals surface area (Å²) < 4.78 is 25.1. The van der Waals surface area contributed by atoms with Crippen LogP contribution >= 0.6 is 0 Å². The van der Waals surface area contributed by atoms with Gasteiger partial charge in [0, 0.05) is 23.7 Å². The van der Waals surface area contributed by atoms with Crippen LogP contribution in [-0.4, -0.2) is 32.5 Å². The molecule has 2 aliphatic rings. The second kappa shape index (κ2) is 7.44. The molecule has 2 unspecified atom stereocenters. The largest absolute Gasteiger partial charge is 0.349 e. The van der Waals surface area contributed by atoms with Gasteiger partial charge in [0.25, 0.3) is 5.91 Å². The predicted octanol–water partition coefficient (Wildman–Crippen LogP) is 2.67. The zero-order chi connectivity index (χ0) is 18.9. The van der Waals surface area contributed by atoms with Gasteiger partial charge in [-0.1, -0.05) is 30.3 Å². The van der Waals surface area contributed by atoms with E-state index in [-0.39, 0.29) is 22.6 Å². The molecule has 6 heteroatoms. The highest BCUT2D eigenvalue weighted by Gasteiger charge is 2.34. The molecule has 5 nitrogen and oxygen atoms in total. The molecule has 0 aromatic heterocycles. The van der Waals surface area contributed by atoms with E-state index in [1.54, 1.807) is 24.3 Å². The van der Waals surface area contributed by atoms with Crippen molar-refractivity contribution in [1.82, 2.24) is 10.6 Å². The average molecular weight is 385 g/mol. The number of carbonyl (C=O) groups excluding carboxylic acids is 1. The molecule has 2 bridgehead atoms. The molecule has 0 aliphatic carbocycles. The number of piperidine rings is 1. The molecule has 4 rings (SSSR count). The second-order valence-electron chi connectivity index (χ2n) is 7.55. The van der Waals surface area contributed by atoms with Crippen LogP contribution in [0.25, 0.3) is 0 Å². The summed E-state index contributed by atoms with van der Waals surface area (Å²) in [6.45, 7) is 0. The molecular weight excluding hydrogens is 360 g/mol. The van der Waals surface area contributed by atoms with E-state index < -0.39 is 9.84 Å². The van der Waals surface area contributed by atoms with Crippen LogP contribution in [0.4, 0.5) is 0 Å². The van der Waals surface area contributed by atoms with Crippen molar-refractivity contribution in [2.24, 2.45) is 0 Å². The first kappa shape index (κ1) is 18.2. The molecule has 2 aliphatic heterocycles. The number of carbonyl (C=O) groups is 1. The van der Waals surface area contributed by atoms with E-state index in [0.717, 1.165) is 18.4 Å². The van der Waals surface area contributed by atoms with Gasteiger partial charge in [-0.2, -0.15) is 0 Å². The first-order valence-electron chi connectivity index (χ1n) is 9.43. The lowest BCUT2D eigenvalue weighted by Crippen LogP contribution is -2.48. The van der Waals surface area contributed by atoms with Gasteiger partial charge in [-0.05, 0) is 55.5 Å². The van der Waals surface area contributed by atoms with E-state index in [9.17, 15) is 13.2 Å². The lowest BCUT2D eigenvalue weighted by molar-refractivity contribution is 0.0924. The Morgan fingerprint density at radius 2 is 1.59 bits per heavy atom. The van der Waals surface area contributed by atoms with E-state index >= 15 is 0 Å². The van der Waals surface area contributed by atoms with Crippen LogP contribution < -0.4 is 10.6 Å². The number of sulfone groups is 1. The number of nitrogens with one attached hydrogen (secondary N) is 2. The van der Waals surface area contributed by atoms with Crippen molar-refractivity contribution in [2.75, 3.05) is 0 Å². The van der Waals surface area contributed by atoms with Gasteiger partial charge in [-0.3, -0.25) is 4.79 Å². The Kier molecular flexibility index (Phi) is 5.02. The molecule has 2 heterocycles. The van der Waals surface area contributed by atoms with E-state index in [2.05, 4.69) is 10.6 Å². The minimum Gasteiger partial charge on any atom is -0.349 e. The highest BCUT2D eigenvalue weighted by Crippen LogP contribution is 2.27. The number of hydrogen-bond donors (Lipinski definition) is 2. The molecule has 2 aromatic rings. The van der Waals surface area contributed by atoms with Crippen molar-refractivity contribution in [1.29, 1.82) is 0 Å². The van der Waals surface area contributed by atoms with E-state index in [1.165, 1.54) is 25.0 Å². The maximum Gasteiger partial charge on any atom is 0.251 e. The van der Waals surface area contributed by atoms with Gasteiger partial charge < -0.3 is 10.6 Å². The second-order valence-corrected chi connectivity index (χ2v) is 9.54. The Bertz CT molecular complexity index is 898. The SMILES string of the molecule is O=C(NC1CC2CCC(C1)N2)c1ccc(S(=O)(=O)Cc2ccccc2)cc1. The molecule has 0 saturated carbocycles. The molecular formula is C21H24N2O3S. The molecule has 2 fully saturated rings. The summed E-state index contributed by atoms with van der Waals surface area (Å²) in [5.41, 5.74) is 1.25. The molecule has 2 atom stereocenters. The fraction of sp³-hybridized carbons (Fsp3) is 0.381. The summed E-state index contributed by atoms with van der Waals surface area (Å²) in [5, 5.41) is 6.66. The topological polar surface area (TPSA) is 75.3 Å². The number of amides is 1. The summed E-state index contributed by atoms with van der Waals surface area (Å²) in [6, 6.07) is 16.6. The fourth-order valence-corrected chi connectivity index (χ4v) is 5.48. The van der Waals surface area contributed by atoms with E-state index in [4.69, 9.17) is 0 Å². The van der Waals surface area contributed by atoms with Crippen molar-refractivity contribution in [3.8, 4) is 0 Å². The molecule has 2 saturated heterocycles. The first-order valence-corrected chi connectivity index (χ1v) is 11.1. The van der Waals surface area contributed by atoms with E-state index in [0.29, 0.717) is 17.6 Å². The van der Waals surface area contributed by atoms with Gasteiger partial charge >= 0.3 is 0 Å². The lowest BCUT2D eigenvalue weighted by Gasteiger charge is -2.29. The van der Waals surface area contributed by atoms with Crippen molar-refractivity contribution >= 4 is 15.7 Å². The molecule has 1 amide bonds. The van der Waals surface area contributed by atoms with Crippen LogP contribution in [0, 0.1) is 0 Å². The first-order chi connectivity index (χ1) is 13.0. The van der Waals surface area contributed by atoms with Crippen molar-refractivity contribution in [2.45, 2.75) is 54.5 Å². The Morgan fingerprint density at radius 1 is 0.963 bits per heavy atom. The maximum atomic E-state index is 12.6. The third kappa shape index (κ3) is 4.22. The molecule has 142 valence electrons. The summed E-state index contributed by atoms with van der Waals surface area (Å²) >= 11 is 0. The summed E-state index contributed by atoms with van der Waals surface area (Å²) in [4.78, 5) is 12.8. The van der Waals surface area contributed by atoms with Gasteiger partial charge in [0.15, 0.2) is 9.84 Å². The third-order valence-corrected chi connectivity index (χ3v) is 7.19. The Balaban J connectivity index is 1.41. The molecule has 27 heavy (non-hydrogen) atoms. The zero-order valence-corrected chi connectivity index (χ0v) is 15.9. The number of hydrogen-bond acceptors (Lipinski definition) is 4. The number of fused-ring (bicyclic) bond motifs is 2. The molecule has 2 aromatic carbocycles. The standard InChI is InChI=1S/C21H24N2O3S/c24-21(23-19-12-17-8-9-18(13-19)22-17)16-6-10-20(11-7-16)27(25,26)14-15-4-2-1-3-5-15/h1-7,10-11,17-19,22H,8-9,12-14H2,(H,23,24). The summed E-state index contributed by atoms with van der Waals surface area (Å²) in [5.74, 6) is -0.176. The van der Waals surface area contributed by atoms with Crippen LogP contribution in [0.5, 0.6) is 0 Å². The minimum absolute atomic E-state index is 0.0444. The summed E-state index contributed by atoms with van der Waals surface area (Å²) in [7, 11) is -3.43. The maximum absolute atomic E-state index is 12.6. The highest BCUT2D eigenvalue weighted by atomic mass is 32.2. The van der Waals surface area contributed by atoms with Gasteiger partial charge in [0.05, 0.1) is 10.6 Å². The number of rotatable bonds is 5. The van der Waals surface area contributed by atoms with Crippen LogP contribution in [-0.2, 0) is 15.6 Å². The molecule has 0 radical (unpaired) electrons. The molecule has 2 N–H and O–H groups in total. The smallest absolute Gasteiger partial charge is 0.251 e.